The molecule has 0 atom stereocenters. The number of likely N-dealkylation sites (tertiary alicyclic amines) is 1. The summed E-state index contributed by atoms with van der Waals surface area (Å²) in [6, 6.07) is 0.925. The minimum Gasteiger partial charge on any atom is -0.338 e. The number of carbonyl (C=O) groups is 1. The van der Waals surface area contributed by atoms with Crippen molar-refractivity contribution in [1.29, 1.82) is 0 Å². The van der Waals surface area contributed by atoms with Crippen LogP contribution >= 0.6 is 0 Å². The third-order valence-corrected chi connectivity index (χ3v) is 3.37. The maximum Gasteiger partial charge on any atom is 0.315 e. The second-order valence-electron chi connectivity index (χ2n) is 6.79. The van der Waals surface area contributed by atoms with Gasteiger partial charge in [0.2, 0.25) is 0 Å². The minimum absolute atomic E-state index is 0.0204. The minimum atomic E-state index is -0.0204. The molecule has 0 saturated carbocycles. The van der Waals surface area contributed by atoms with Crippen molar-refractivity contribution in [3.8, 4) is 0 Å². The highest BCUT2D eigenvalue weighted by atomic mass is 16.2. The van der Waals surface area contributed by atoms with E-state index in [1.165, 1.54) is 0 Å². The number of rotatable bonds is 3. The van der Waals surface area contributed by atoms with Crippen molar-refractivity contribution < 1.29 is 4.79 Å². The van der Waals surface area contributed by atoms with E-state index in [1.807, 2.05) is 0 Å². The Morgan fingerprint density at radius 3 is 2.28 bits per heavy atom. The van der Waals surface area contributed by atoms with E-state index in [0.717, 1.165) is 25.9 Å². The Balaban J connectivity index is 2.22. The molecular weight excluding hydrogens is 226 g/mol. The van der Waals surface area contributed by atoms with Gasteiger partial charge in [-0.05, 0) is 32.1 Å². The van der Waals surface area contributed by atoms with Crippen LogP contribution < -0.4 is 10.6 Å². The number of carbonyl (C=O) groups excluding carboxylic acids is 1. The van der Waals surface area contributed by atoms with Crippen LogP contribution in [-0.2, 0) is 0 Å². The number of urea groups is 1. The van der Waals surface area contributed by atoms with E-state index >= 15 is 0 Å². The van der Waals surface area contributed by atoms with Crippen LogP contribution in [0.3, 0.4) is 0 Å². The van der Waals surface area contributed by atoms with Crippen LogP contribution in [0.1, 0.15) is 47.5 Å². The smallest absolute Gasteiger partial charge is 0.315 e. The van der Waals surface area contributed by atoms with Gasteiger partial charge in [-0.3, -0.25) is 0 Å². The molecule has 1 fully saturated rings. The molecule has 0 radical (unpaired) electrons. The normalized spacial score (nSPS) is 19.0. The summed E-state index contributed by atoms with van der Waals surface area (Å²) in [5.74, 6) is 0. The van der Waals surface area contributed by atoms with Crippen LogP contribution in [0, 0.1) is 5.41 Å². The second kappa shape index (κ2) is 6.41. The van der Waals surface area contributed by atoms with Crippen molar-refractivity contribution in [3.63, 3.8) is 0 Å². The standard InChI is InChI=1S/C14H29N3O/c1-11(2)17-8-6-12(7-9-17)16-13(18)15-10-14(3,4)5/h11-12H,6-10H2,1-5H3,(H2,15,16,18). The molecule has 0 spiro atoms. The zero-order valence-electron chi connectivity index (χ0n) is 12.5. The van der Waals surface area contributed by atoms with Crippen LogP contribution in [0.15, 0.2) is 0 Å². The third-order valence-electron chi connectivity index (χ3n) is 3.37. The fourth-order valence-corrected chi connectivity index (χ4v) is 2.14. The molecule has 0 aromatic heterocycles. The zero-order chi connectivity index (χ0) is 13.8. The number of nitrogens with one attached hydrogen (secondary N) is 2. The molecule has 4 heteroatoms. The van der Waals surface area contributed by atoms with E-state index in [2.05, 4.69) is 50.2 Å². The summed E-state index contributed by atoms with van der Waals surface area (Å²) in [4.78, 5) is 14.2. The van der Waals surface area contributed by atoms with Crippen LogP contribution in [0.2, 0.25) is 0 Å². The quantitative estimate of drug-likeness (QED) is 0.812. The highest BCUT2D eigenvalue weighted by molar-refractivity contribution is 5.74. The topological polar surface area (TPSA) is 44.4 Å². The number of piperidine rings is 1. The Morgan fingerprint density at radius 2 is 1.83 bits per heavy atom. The predicted molar refractivity (Wildman–Crippen MR) is 75.7 cm³/mol. The fraction of sp³-hybridized carbons (Fsp3) is 0.929. The van der Waals surface area contributed by atoms with Crippen LogP contribution in [0.5, 0.6) is 0 Å². The number of amides is 2. The maximum absolute atomic E-state index is 11.7. The molecule has 1 saturated heterocycles. The first-order valence-electron chi connectivity index (χ1n) is 7.06. The zero-order valence-corrected chi connectivity index (χ0v) is 12.5. The van der Waals surface area contributed by atoms with Crippen molar-refractivity contribution in [2.24, 2.45) is 5.41 Å². The van der Waals surface area contributed by atoms with Gasteiger partial charge in [0.25, 0.3) is 0 Å². The van der Waals surface area contributed by atoms with Crippen molar-refractivity contribution in [3.05, 3.63) is 0 Å². The van der Waals surface area contributed by atoms with Crippen molar-refractivity contribution in [2.45, 2.75) is 59.5 Å². The molecule has 1 heterocycles. The summed E-state index contributed by atoms with van der Waals surface area (Å²) in [6.45, 7) is 13.7. The molecule has 2 amide bonds. The van der Waals surface area contributed by atoms with E-state index < -0.39 is 0 Å². The lowest BCUT2D eigenvalue weighted by Gasteiger charge is -2.35. The second-order valence-corrected chi connectivity index (χ2v) is 6.79. The highest BCUT2D eigenvalue weighted by Crippen LogP contribution is 2.13. The Morgan fingerprint density at radius 1 is 1.28 bits per heavy atom. The molecule has 106 valence electrons. The first-order valence-corrected chi connectivity index (χ1v) is 7.06. The lowest BCUT2D eigenvalue weighted by Crippen LogP contribution is -2.50. The van der Waals surface area contributed by atoms with Gasteiger partial charge in [-0.15, -0.1) is 0 Å². The fourth-order valence-electron chi connectivity index (χ4n) is 2.14. The van der Waals surface area contributed by atoms with Gasteiger partial charge in [0, 0.05) is 31.7 Å². The van der Waals surface area contributed by atoms with Gasteiger partial charge in [0.15, 0.2) is 0 Å². The monoisotopic (exact) mass is 255 g/mol. The average Bonchev–Trinajstić information content (AvgIpc) is 2.26. The summed E-state index contributed by atoms with van der Waals surface area (Å²) >= 11 is 0. The molecule has 1 aliphatic rings. The molecular formula is C14H29N3O. The van der Waals surface area contributed by atoms with Gasteiger partial charge in [0.05, 0.1) is 0 Å². The molecule has 1 aliphatic heterocycles. The lowest BCUT2D eigenvalue weighted by atomic mass is 9.97. The van der Waals surface area contributed by atoms with Gasteiger partial charge in [-0.25, -0.2) is 4.79 Å². The highest BCUT2D eigenvalue weighted by Gasteiger charge is 2.22. The summed E-state index contributed by atoms with van der Waals surface area (Å²) in [6.07, 6.45) is 2.11. The third kappa shape index (κ3) is 5.71. The Hall–Kier alpha value is -0.770. The SMILES string of the molecule is CC(C)N1CCC(NC(=O)NCC(C)(C)C)CC1. The number of hydrogen-bond acceptors (Lipinski definition) is 2. The Kier molecular flexibility index (Phi) is 5.45. The van der Waals surface area contributed by atoms with Gasteiger partial charge in [0.1, 0.15) is 0 Å². The van der Waals surface area contributed by atoms with Crippen LogP contribution in [-0.4, -0.2) is 42.6 Å². The molecule has 4 nitrogen and oxygen atoms in total. The molecule has 0 unspecified atom stereocenters. The molecule has 0 aliphatic carbocycles. The van der Waals surface area contributed by atoms with E-state index in [0.29, 0.717) is 18.6 Å². The molecule has 0 aromatic carbocycles. The summed E-state index contributed by atoms with van der Waals surface area (Å²) in [7, 11) is 0. The van der Waals surface area contributed by atoms with E-state index in [4.69, 9.17) is 0 Å². The van der Waals surface area contributed by atoms with Gasteiger partial charge in [-0.1, -0.05) is 20.8 Å². The Bertz CT molecular complexity index is 263. The summed E-state index contributed by atoms with van der Waals surface area (Å²) < 4.78 is 0. The molecule has 2 N–H and O–H groups in total. The number of nitrogens with zero attached hydrogens (tertiary/aromatic N) is 1. The molecule has 18 heavy (non-hydrogen) atoms. The van der Waals surface area contributed by atoms with Crippen LogP contribution in [0.25, 0.3) is 0 Å². The first-order chi connectivity index (χ1) is 8.28. The summed E-state index contributed by atoms with van der Waals surface area (Å²) in [5, 5.41) is 6.01. The average molecular weight is 255 g/mol. The first kappa shape index (κ1) is 15.3. The molecule has 0 aromatic rings. The van der Waals surface area contributed by atoms with Gasteiger partial charge < -0.3 is 15.5 Å². The van der Waals surface area contributed by atoms with Crippen molar-refractivity contribution in [2.75, 3.05) is 19.6 Å². The van der Waals surface area contributed by atoms with Crippen LogP contribution in [0.4, 0.5) is 4.79 Å². The Labute approximate surface area is 111 Å². The maximum atomic E-state index is 11.7. The van der Waals surface area contributed by atoms with E-state index in [9.17, 15) is 4.79 Å². The van der Waals surface area contributed by atoms with Gasteiger partial charge in [-0.2, -0.15) is 0 Å². The van der Waals surface area contributed by atoms with Crippen molar-refractivity contribution >= 4 is 6.03 Å². The lowest BCUT2D eigenvalue weighted by molar-refractivity contribution is 0.160. The number of hydrogen-bond donors (Lipinski definition) is 2. The summed E-state index contributed by atoms with van der Waals surface area (Å²) in [5.41, 5.74) is 0.137. The van der Waals surface area contributed by atoms with Crippen molar-refractivity contribution in [1.82, 2.24) is 15.5 Å². The van der Waals surface area contributed by atoms with E-state index in [-0.39, 0.29) is 11.4 Å². The largest absolute Gasteiger partial charge is 0.338 e. The predicted octanol–water partition coefficient (Wildman–Crippen LogP) is 2.20. The molecule has 0 bridgehead atoms. The van der Waals surface area contributed by atoms with E-state index in [1.54, 1.807) is 0 Å². The van der Waals surface area contributed by atoms with Gasteiger partial charge >= 0.3 is 6.03 Å². The molecule has 1 rings (SSSR count).